The van der Waals surface area contributed by atoms with E-state index in [1.54, 1.807) is 33.3 Å². The summed E-state index contributed by atoms with van der Waals surface area (Å²) in [7, 11) is 3.25. The third kappa shape index (κ3) is 5.58. The first kappa shape index (κ1) is 26.4. The Morgan fingerprint density at radius 2 is 1.88 bits per heavy atom. The molecule has 0 aliphatic carbocycles. The molecule has 0 bridgehead atoms. The van der Waals surface area contributed by atoms with Crippen LogP contribution >= 0.6 is 27.3 Å². The van der Waals surface area contributed by atoms with Crippen LogP contribution in [0.25, 0.3) is 32.5 Å². The summed E-state index contributed by atoms with van der Waals surface area (Å²) in [4.78, 5) is 31.5. The highest BCUT2D eigenvalue weighted by atomic mass is 79.9. The molecule has 0 aliphatic rings. The molecular formula is C23H24BrFN2O5S. The van der Waals surface area contributed by atoms with Gasteiger partial charge >= 0.3 is 11.9 Å². The number of aromatic carboxylic acids is 1. The number of benzene rings is 2. The molecule has 0 spiro atoms. The first-order chi connectivity index (χ1) is 15.8. The molecule has 0 amide bonds. The van der Waals surface area contributed by atoms with Gasteiger partial charge in [0.15, 0.2) is 0 Å². The Balaban J connectivity index is 0.000000714. The van der Waals surface area contributed by atoms with Crippen LogP contribution < -0.4 is 0 Å². The van der Waals surface area contributed by atoms with Crippen LogP contribution in [0.15, 0.2) is 34.8 Å². The Morgan fingerprint density at radius 1 is 1.21 bits per heavy atom. The number of carbonyl (C=O) groups is 2. The van der Waals surface area contributed by atoms with Crippen molar-refractivity contribution in [3.63, 3.8) is 0 Å². The average molecular weight is 539 g/mol. The molecule has 0 radical (unpaired) electrons. The number of carboxylic acids is 1. The van der Waals surface area contributed by atoms with Crippen LogP contribution in [0.2, 0.25) is 0 Å². The minimum Gasteiger partial charge on any atom is -0.478 e. The highest BCUT2D eigenvalue weighted by Gasteiger charge is 2.26. The van der Waals surface area contributed by atoms with Crippen molar-refractivity contribution in [3.8, 4) is 11.4 Å². The quantitative estimate of drug-likeness (QED) is 0.287. The SMILES string of the molecule is CC.CCOC(=O)c1sc2c(F)ccc(Br)c2c1-c1nc2ccc(C(=O)O)cc2[nH]1.COC. The molecule has 2 heterocycles. The minimum atomic E-state index is -1.06. The van der Waals surface area contributed by atoms with Crippen molar-refractivity contribution in [2.75, 3.05) is 20.8 Å². The first-order valence-electron chi connectivity index (χ1n) is 10.0. The summed E-state index contributed by atoms with van der Waals surface area (Å²) in [6.45, 7) is 5.87. The van der Waals surface area contributed by atoms with Crippen LogP contribution in [-0.4, -0.2) is 47.8 Å². The lowest BCUT2D eigenvalue weighted by molar-refractivity contribution is 0.0532. The number of hydrogen-bond acceptors (Lipinski definition) is 6. The number of esters is 1. The van der Waals surface area contributed by atoms with E-state index in [4.69, 9.17) is 4.74 Å². The van der Waals surface area contributed by atoms with Crippen molar-refractivity contribution in [1.82, 2.24) is 9.97 Å². The fraction of sp³-hybridized carbons (Fsp3) is 0.261. The highest BCUT2D eigenvalue weighted by molar-refractivity contribution is 9.10. The second-order valence-corrected chi connectivity index (χ2v) is 8.17. The van der Waals surface area contributed by atoms with Gasteiger partial charge in [-0.05, 0) is 37.3 Å². The molecule has 4 rings (SSSR count). The molecule has 0 saturated heterocycles. The zero-order chi connectivity index (χ0) is 24.7. The zero-order valence-electron chi connectivity index (χ0n) is 18.8. The molecule has 0 fully saturated rings. The minimum absolute atomic E-state index is 0.107. The van der Waals surface area contributed by atoms with E-state index in [2.05, 4.69) is 30.6 Å². The molecule has 0 saturated carbocycles. The second kappa shape index (κ2) is 11.9. The van der Waals surface area contributed by atoms with E-state index in [0.717, 1.165) is 11.3 Å². The summed E-state index contributed by atoms with van der Waals surface area (Å²) in [6, 6.07) is 7.37. The lowest BCUT2D eigenvalue weighted by atomic mass is 10.1. The molecule has 4 aromatic rings. The van der Waals surface area contributed by atoms with Gasteiger partial charge in [0, 0.05) is 24.1 Å². The fourth-order valence-electron chi connectivity index (χ4n) is 2.96. The number of aromatic amines is 1. The van der Waals surface area contributed by atoms with Crippen LogP contribution in [0.5, 0.6) is 0 Å². The maximum Gasteiger partial charge on any atom is 0.349 e. The van der Waals surface area contributed by atoms with Crippen molar-refractivity contribution >= 4 is 60.3 Å². The number of thiophene rings is 1. The number of rotatable bonds is 4. The number of methoxy groups -OCH3 is 1. The Hall–Kier alpha value is -2.82. The van der Waals surface area contributed by atoms with Crippen LogP contribution in [0, 0.1) is 5.82 Å². The van der Waals surface area contributed by atoms with Gasteiger partial charge in [-0.2, -0.15) is 0 Å². The normalized spacial score (nSPS) is 10.3. The van der Waals surface area contributed by atoms with Crippen molar-refractivity contribution in [1.29, 1.82) is 0 Å². The molecule has 0 atom stereocenters. The molecule has 0 aliphatic heterocycles. The number of imidazole rings is 1. The lowest BCUT2D eigenvalue weighted by Gasteiger charge is -2.03. The Morgan fingerprint density at radius 3 is 2.48 bits per heavy atom. The Labute approximate surface area is 202 Å². The maximum absolute atomic E-state index is 14.4. The summed E-state index contributed by atoms with van der Waals surface area (Å²) in [5.41, 5.74) is 1.55. The number of carbonyl (C=O) groups excluding carboxylic acids is 1. The van der Waals surface area contributed by atoms with Gasteiger partial charge < -0.3 is 19.6 Å². The van der Waals surface area contributed by atoms with E-state index in [1.165, 1.54) is 18.2 Å². The monoisotopic (exact) mass is 538 g/mol. The summed E-state index contributed by atoms with van der Waals surface area (Å²) in [5.74, 6) is -1.75. The summed E-state index contributed by atoms with van der Waals surface area (Å²) >= 11 is 4.42. The van der Waals surface area contributed by atoms with Crippen molar-refractivity contribution in [2.45, 2.75) is 20.8 Å². The number of aromatic nitrogens is 2. The van der Waals surface area contributed by atoms with Gasteiger partial charge in [-0.1, -0.05) is 29.8 Å². The second-order valence-electron chi connectivity index (χ2n) is 6.29. The van der Waals surface area contributed by atoms with Crippen molar-refractivity contribution < 1.29 is 28.6 Å². The van der Waals surface area contributed by atoms with Gasteiger partial charge in [0.05, 0.1) is 33.5 Å². The van der Waals surface area contributed by atoms with Gasteiger partial charge in [0.25, 0.3) is 0 Å². The number of carboxylic acid groups (broad SMARTS) is 1. The molecule has 10 heteroatoms. The largest absolute Gasteiger partial charge is 0.478 e. The molecule has 0 unspecified atom stereocenters. The van der Waals surface area contributed by atoms with E-state index in [9.17, 15) is 19.1 Å². The van der Waals surface area contributed by atoms with E-state index < -0.39 is 17.8 Å². The van der Waals surface area contributed by atoms with Crippen LogP contribution in [0.1, 0.15) is 40.8 Å². The van der Waals surface area contributed by atoms with E-state index >= 15 is 0 Å². The number of H-pyrrole nitrogens is 1. The molecule has 7 nitrogen and oxygen atoms in total. The van der Waals surface area contributed by atoms with Gasteiger partial charge in [0.2, 0.25) is 0 Å². The maximum atomic E-state index is 14.4. The van der Waals surface area contributed by atoms with E-state index in [1.807, 2.05) is 13.8 Å². The molecule has 2 N–H and O–H groups in total. The van der Waals surface area contributed by atoms with E-state index in [-0.39, 0.29) is 17.0 Å². The van der Waals surface area contributed by atoms with Crippen LogP contribution in [-0.2, 0) is 9.47 Å². The molecule has 2 aromatic carbocycles. The van der Waals surface area contributed by atoms with E-state index in [0.29, 0.717) is 37.0 Å². The molecule has 176 valence electrons. The number of ether oxygens (including phenoxy) is 2. The summed E-state index contributed by atoms with van der Waals surface area (Å²) < 4.78 is 24.7. The first-order valence-corrected chi connectivity index (χ1v) is 11.6. The average Bonchev–Trinajstić information content (AvgIpc) is 3.40. The standard InChI is InChI=1S/C19H12BrFN2O4S.C2H6O.C2H6/c1-2-27-19(26)16-14(13-9(20)4-5-10(21)15(13)28-16)17-22-11-6-3-8(18(24)25)7-12(11)23-17;1-3-2;1-2/h3-7H,2H2,1H3,(H,22,23)(H,24,25);1-2H3;1-2H3. The van der Waals surface area contributed by atoms with Gasteiger partial charge in [-0.3, -0.25) is 0 Å². The number of hydrogen-bond donors (Lipinski definition) is 2. The third-order valence-electron chi connectivity index (χ3n) is 4.17. The Bertz CT molecular complexity index is 1290. The Kier molecular flexibility index (Phi) is 9.51. The van der Waals surface area contributed by atoms with Crippen LogP contribution in [0.3, 0.4) is 0 Å². The molecular weight excluding hydrogens is 515 g/mol. The van der Waals surface area contributed by atoms with Gasteiger partial charge in [0.1, 0.15) is 16.5 Å². The zero-order valence-corrected chi connectivity index (χ0v) is 21.2. The fourth-order valence-corrected chi connectivity index (χ4v) is 4.75. The number of nitrogens with one attached hydrogen (secondary N) is 1. The van der Waals surface area contributed by atoms with Gasteiger partial charge in [-0.25, -0.2) is 19.0 Å². The number of halogens is 2. The summed E-state index contributed by atoms with van der Waals surface area (Å²) in [5, 5.41) is 9.68. The van der Waals surface area contributed by atoms with Gasteiger partial charge in [-0.15, -0.1) is 11.3 Å². The predicted molar refractivity (Wildman–Crippen MR) is 132 cm³/mol. The predicted octanol–water partition coefficient (Wildman–Crippen LogP) is 6.51. The highest BCUT2D eigenvalue weighted by Crippen LogP contribution is 2.43. The summed E-state index contributed by atoms with van der Waals surface area (Å²) in [6.07, 6.45) is 0. The number of nitrogens with zero attached hydrogens (tertiary/aromatic N) is 1. The van der Waals surface area contributed by atoms with Crippen molar-refractivity contribution in [3.05, 3.63) is 51.1 Å². The smallest absolute Gasteiger partial charge is 0.349 e. The topological polar surface area (TPSA) is 102 Å². The van der Waals surface area contributed by atoms with Crippen molar-refractivity contribution in [2.24, 2.45) is 0 Å². The molecule has 33 heavy (non-hydrogen) atoms. The number of fused-ring (bicyclic) bond motifs is 2. The third-order valence-corrected chi connectivity index (χ3v) is 6.01. The van der Waals surface area contributed by atoms with Crippen LogP contribution in [0.4, 0.5) is 4.39 Å². The lowest BCUT2D eigenvalue weighted by Crippen LogP contribution is -2.04. The molecule has 2 aromatic heterocycles.